The number of anilines is 1. The summed E-state index contributed by atoms with van der Waals surface area (Å²) in [4.78, 5) is 25.2. The molecule has 0 fully saturated rings. The predicted molar refractivity (Wildman–Crippen MR) is 70.8 cm³/mol. The highest BCUT2D eigenvalue weighted by atomic mass is 19.1. The van der Waals surface area contributed by atoms with Crippen LogP contribution in [0.2, 0.25) is 0 Å². The summed E-state index contributed by atoms with van der Waals surface area (Å²) >= 11 is 0. The van der Waals surface area contributed by atoms with Crippen molar-refractivity contribution >= 4 is 17.6 Å². The fourth-order valence-electron chi connectivity index (χ4n) is 1.97. The quantitative estimate of drug-likeness (QED) is 0.781. The van der Waals surface area contributed by atoms with Gasteiger partial charge in [0.25, 0.3) is 0 Å². The van der Waals surface area contributed by atoms with Crippen LogP contribution in [-0.4, -0.2) is 39.5 Å². The second kappa shape index (κ2) is 6.36. The summed E-state index contributed by atoms with van der Waals surface area (Å²) in [5.41, 5.74) is 0.583. The number of carbonyl (C=O) groups is 2. The molecule has 0 amide bonds. The van der Waals surface area contributed by atoms with Crippen LogP contribution in [0.3, 0.4) is 0 Å². The van der Waals surface area contributed by atoms with E-state index in [4.69, 9.17) is 9.47 Å². The number of benzene rings is 1. The van der Waals surface area contributed by atoms with E-state index in [0.717, 1.165) is 0 Å². The second-order valence-electron chi connectivity index (χ2n) is 4.19. The first kappa shape index (κ1) is 15.0. The van der Waals surface area contributed by atoms with Gasteiger partial charge in [-0.05, 0) is 24.3 Å². The molecule has 1 aliphatic rings. The Kier molecular flexibility index (Phi) is 4.54. The number of nitrogens with zero attached hydrogens (tertiary/aromatic N) is 1. The van der Waals surface area contributed by atoms with E-state index in [1.54, 1.807) is 0 Å². The molecule has 7 heteroatoms. The molecule has 1 heterocycles. The van der Waals surface area contributed by atoms with Crippen molar-refractivity contribution in [1.29, 1.82) is 0 Å². The number of carbonyl (C=O) groups excluding carboxylic acids is 2. The Labute approximate surface area is 120 Å². The second-order valence-corrected chi connectivity index (χ2v) is 4.19. The minimum Gasteiger partial charge on any atom is -0.466 e. The van der Waals surface area contributed by atoms with Crippen LogP contribution in [0, 0.1) is 5.82 Å². The van der Waals surface area contributed by atoms with Crippen molar-refractivity contribution in [2.24, 2.45) is 0 Å². The molecule has 0 saturated heterocycles. The molecule has 0 radical (unpaired) electrons. The average Bonchev–Trinajstić information content (AvgIpc) is 2.53. The number of ether oxygens (including phenoxy) is 3. The van der Waals surface area contributed by atoms with E-state index in [1.807, 2.05) is 0 Å². The van der Waals surface area contributed by atoms with E-state index < -0.39 is 17.8 Å². The first-order valence-corrected chi connectivity index (χ1v) is 6.09. The molecule has 0 bridgehead atoms. The average molecular weight is 295 g/mol. The van der Waals surface area contributed by atoms with Crippen LogP contribution in [0.15, 0.2) is 35.5 Å². The van der Waals surface area contributed by atoms with Gasteiger partial charge in [-0.3, -0.25) is 0 Å². The van der Waals surface area contributed by atoms with Gasteiger partial charge in [-0.15, -0.1) is 0 Å². The largest absolute Gasteiger partial charge is 0.466 e. The number of esters is 2. The number of halogens is 1. The third-order valence-electron chi connectivity index (χ3n) is 2.97. The van der Waals surface area contributed by atoms with Crippen molar-refractivity contribution in [1.82, 2.24) is 0 Å². The Morgan fingerprint density at radius 3 is 2.33 bits per heavy atom. The van der Waals surface area contributed by atoms with E-state index in [9.17, 15) is 14.0 Å². The lowest BCUT2D eigenvalue weighted by Gasteiger charge is -2.31. The van der Waals surface area contributed by atoms with E-state index in [1.165, 1.54) is 43.4 Å². The van der Waals surface area contributed by atoms with Gasteiger partial charge < -0.3 is 19.1 Å². The number of hydrogen-bond acceptors (Lipinski definition) is 6. The summed E-state index contributed by atoms with van der Waals surface area (Å²) in [6.45, 7) is -0.0225. The van der Waals surface area contributed by atoms with Crippen molar-refractivity contribution in [3.8, 4) is 0 Å². The summed E-state index contributed by atoms with van der Waals surface area (Å²) < 4.78 is 27.7. The highest BCUT2D eigenvalue weighted by Gasteiger charge is 2.32. The van der Waals surface area contributed by atoms with Gasteiger partial charge in [0.1, 0.15) is 18.2 Å². The highest BCUT2D eigenvalue weighted by Crippen LogP contribution is 2.26. The van der Waals surface area contributed by atoms with Gasteiger partial charge in [-0.2, -0.15) is 0 Å². The molecule has 112 valence electrons. The lowest BCUT2D eigenvalue weighted by Crippen LogP contribution is -2.38. The maximum Gasteiger partial charge on any atom is 0.355 e. The zero-order valence-electron chi connectivity index (χ0n) is 11.6. The molecular weight excluding hydrogens is 281 g/mol. The van der Waals surface area contributed by atoms with Crippen molar-refractivity contribution in [2.45, 2.75) is 0 Å². The minimum atomic E-state index is -0.692. The topological polar surface area (TPSA) is 65.1 Å². The molecule has 6 nitrogen and oxygen atoms in total. The Balaban J connectivity index is 2.50. The molecule has 1 aliphatic heterocycles. The van der Waals surface area contributed by atoms with Crippen molar-refractivity contribution < 1.29 is 28.2 Å². The van der Waals surface area contributed by atoms with Gasteiger partial charge in [0.05, 0.1) is 26.4 Å². The van der Waals surface area contributed by atoms with Crippen LogP contribution in [0.4, 0.5) is 10.1 Å². The monoisotopic (exact) mass is 295 g/mol. The number of rotatable bonds is 3. The van der Waals surface area contributed by atoms with Gasteiger partial charge >= 0.3 is 11.9 Å². The van der Waals surface area contributed by atoms with Crippen LogP contribution in [0.5, 0.6) is 0 Å². The van der Waals surface area contributed by atoms with Gasteiger partial charge in [0.2, 0.25) is 0 Å². The molecule has 21 heavy (non-hydrogen) atoms. The molecule has 0 aromatic heterocycles. The van der Waals surface area contributed by atoms with E-state index in [0.29, 0.717) is 5.69 Å². The maximum absolute atomic E-state index is 13.0. The fraction of sp³-hybridized carbons (Fsp3) is 0.286. The molecule has 0 unspecified atom stereocenters. The summed E-state index contributed by atoms with van der Waals surface area (Å²) in [5, 5.41) is 0. The molecule has 2 rings (SSSR count). The standard InChI is InChI=1S/C14H14FNO5/c1-19-13(17)11-7-21-8-16(12(11)14(18)20-2)10-5-3-9(15)4-6-10/h3-6H,7-8H2,1-2H3. The summed E-state index contributed by atoms with van der Waals surface area (Å²) in [6.07, 6.45) is 0. The van der Waals surface area contributed by atoms with Gasteiger partial charge in [0.15, 0.2) is 0 Å². The molecule has 1 aromatic rings. The van der Waals surface area contributed by atoms with Gasteiger partial charge in [0, 0.05) is 5.69 Å². The Morgan fingerprint density at radius 1 is 1.14 bits per heavy atom. The summed E-state index contributed by atoms with van der Waals surface area (Å²) in [7, 11) is 2.42. The predicted octanol–water partition coefficient (Wildman–Crippen LogP) is 1.22. The number of hydrogen-bond donors (Lipinski definition) is 0. The Bertz CT molecular complexity index is 582. The lowest BCUT2D eigenvalue weighted by atomic mass is 10.1. The van der Waals surface area contributed by atoms with Crippen LogP contribution < -0.4 is 4.90 Å². The molecule has 0 atom stereocenters. The summed E-state index contributed by atoms with van der Waals surface area (Å²) in [6, 6.07) is 5.44. The van der Waals surface area contributed by atoms with Crippen LogP contribution >= 0.6 is 0 Å². The third kappa shape index (κ3) is 3.03. The van der Waals surface area contributed by atoms with Crippen molar-refractivity contribution in [3.05, 3.63) is 41.4 Å². The SMILES string of the molecule is COC(=O)C1=C(C(=O)OC)N(c2ccc(F)cc2)COC1. The van der Waals surface area contributed by atoms with Gasteiger partial charge in [-0.1, -0.05) is 0 Å². The zero-order chi connectivity index (χ0) is 15.4. The molecule has 1 aromatic carbocycles. The van der Waals surface area contributed by atoms with Crippen LogP contribution in [0.25, 0.3) is 0 Å². The normalized spacial score (nSPS) is 14.9. The molecule has 0 saturated carbocycles. The smallest absolute Gasteiger partial charge is 0.355 e. The van der Waals surface area contributed by atoms with E-state index in [2.05, 4.69) is 4.74 Å². The van der Waals surface area contributed by atoms with Gasteiger partial charge in [-0.25, -0.2) is 14.0 Å². The van der Waals surface area contributed by atoms with E-state index in [-0.39, 0.29) is 24.6 Å². The van der Waals surface area contributed by atoms with Crippen molar-refractivity contribution in [2.75, 3.05) is 32.5 Å². The van der Waals surface area contributed by atoms with Crippen LogP contribution in [0.1, 0.15) is 0 Å². The maximum atomic E-state index is 13.0. The molecule has 0 spiro atoms. The molecule has 0 N–H and O–H groups in total. The first-order valence-electron chi connectivity index (χ1n) is 6.09. The van der Waals surface area contributed by atoms with E-state index >= 15 is 0 Å². The number of methoxy groups -OCH3 is 2. The first-order chi connectivity index (χ1) is 10.1. The fourth-order valence-corrected chi connectivity index (χ4v) is 1.97. The Hall–Kier alpha value is -2.41. The zero-order valence-corrected chi connectivity index (χ0v) is 11.6. The van der Waals surface area contributed by atoms with Crippen molar-refractivity contribution in [3.63, 3.8) is 0 Å². The Morgan fingerprint density at radius 2 is 1.76 bits per heavy atom. The summed E-state index contributed by atoms with van der Waals surface area (Å²) in [5.74, 6) is -1.78. The molecular formula is C14H14FNO5. The lowest BCUT2D eigenvalue weighted by molar-refractivity contribution is -0.140. The minimum absolute atomic E-state index is 0.0298. The molecule has 0 aliphatic carbocycles. The third-order valence-corrected chi connectivity index (χ3v) is 2.97. The highest BCUT2D eigenvalue weighted by molar-refractivity contribution is 6.03. The van der Waals surface area contributed by atoms with Crippen LogP contribution in [-0.2, 0) is 23.8 Å².